The minimum absolute atomic E-state index is 0.00198. The van der Waals surface area contributed by atoms with E-state index in [-0.39, 0.29) is 35.5 Å². The zero-order chi connectivity index (χ0) is 29.7. The van der Waals surface area contributed by atoms with E-state index in [9.17, 15) is 24.0 Å². The Morgan fingerprint density at radius 2 is 1.78 bits per heavy atom. The van der Waals surface area contributed by atoms with E-state index in [0.717, 1.165) is 5.56 Å². The van der Waals surface area contributed by atoms with Crippen molar-refractivity contribution in [2.24, 2.45) is 0 Å². The van der Waals surface area contributed by atoms with Crippen molar-refractivity contribution in [3.63, 3.8) is 0 Å². The van der Waals surface area contributed by atoms with Gasteiger partial charge in [-0.2, -0.15) is 5.26 Å². The van der Waals surface area contributed by atoms with Gasteiger partial charge in [-0.3, -0.25) is 9.59 Å². The maximum atomic E-state index is 14.9. The smallest absolute Gasteiger partial charge is 0.338 e. The van der Waals surface area contributed by atoms with Crippen molar-refractivity contribution in [2.45, 2.75) is 45.3 Å². The third kappa shape index (κ3) is 7.19. The van der Waals surface area contributed by atoms with Crippen LogP contribution in [0.3, 0.4) is 0 Å². The van der Waals surface area contributed by atoms with Crippen LogP contribution in [0, 0.1) is 17.1 Å². The maximum Gasteiger partial charge on any atom is 0.338 e. The summed E-state index contributed by atoms with van der Waals surface area (Å²) in [6, 6.07) is 19.4. The molecule has 210 valence electrons. The first-order chi connectivity index (χ1) is 19.5. The second-order valence-corrected chi connectivity index (χ2v) is 11.0. The summed E-state index contributed by atoms with van der Waals surface area (Å²) in [7, 11) is 0. The summed E-state index contributed by atoms with van der Waals surface area (Å²) < 4.78 is 20.3. The van der Waals surface area contributed by atoms with Crippen LogP contribution in [0.25, 0.3) is 5.57 Å². The van der Waals surface area contributed by atoms with Gasteiger partial charge in [0.25, 0.3) is 0 Å². The van der Waals surface area contributed by atoms with Gasteiger partial charge in [-0.15, -0.1) is 0 Å². The van der Waals surface area contributed by atoms with Crippen molar-refractivity contribution >= 4 is 40.6 Å². The number of rotatable bonds is 7. The molecule has 7 nitrogen and oxygen atoms in total. The summed E-state index contributed by atoms with van der Waals surface area (Å²) in [5.74, 6) is -2.14. The Hall–Kier alpha value is -4.48. The van der Waals surface area contributed by atoms with Crippen LogP contribution >= 0.6 is 11.6 Å². The monoisotopic (exact) mass is 573 g/mol. The molecular weight excluding hydrogens is 545 g/mol. The molecule has 0 aliphatic carbocycles. The molecule has 0 radical (unpaired) electrons. The average molecular weight is 574 g/mol. The van der Waals surface area contributed by atoms with Crippen molar-refractivity contribution in [1.29, 1.82) is 5.26 Å². The minimum atomic E-state index is -0.882. The van der Waals surface area contributed by atoms with Crippen LogP contribution in [0.2, 0.25) is 5.02 Å². The molecule has 0 fully saturated rings. The number of halogens is 2. The molecule has 3 aromatic carbocycles. The summed E-state index contributed by atoms with van der Waals surface area (Å²) in [5, 5.41) is 12.2. The van der Waals surface area contributed by atoms with Gasteiger partial charge in [0.2, 0.25) is 11.8 Å². The third-order valence-electron chi connectivity index (χ3n) is 6.48. The molecule has 1 N–H and O–H groups in total. The molecule has 0 spiro atoms. The SMILES string of the molecule is CC(C)(C)OC(=O)c1ccc(NC(=O)C(Cc2ccccc2)N2CCC(c3c(C#N)ccc(Cl)c3F)=CC2=O)cc1. The fraction of sp³-hybridized carbons (Fsp3) is 0.250. The molecular formula is C32H29ClFN3O4. The number of carbonyl (C=O) groups excluding carboxylic acids is 3. The Morgan fingerprint density at radius 3 is 2.39 bits per heavy atom. The Bertz CT molecular complexity index is 1540. The van der Waals surface area contributed by atoms with Crippen LogP contribution in [0.5, 0.6) is 0 Å². The van der Waals surface area contributed by atoms with Gasteiger partial charge < -0.3 is 15.0 Å². The lowest BCUT2D eigenvalue weighted by Crippen LogP contribution is -2.49. The lowest BCUT2D eigenvalue weighted by molar-refractivity contribution is -0.135. The van der Waals surface area contributed by atoms with Crippen LogP contribution in [0.15, 0.2) is 72.8 Å². The van der Waals surface area contributed by atoms with E-state index < -0.39 is 35.2 Å². The summed E-state index contributed by atoms with van der Waals surface area (Å²) in [4.78, 5) is 40.7. The van der Waals surface area contributed by atoms with Crippen molar-refractivity contribution in [3.05, 3.63) is 106 Å². The molecule has 2 amide bonds. The standard InChI is InChI=1S/C32H29ClFN3O4/c1-32(2,3)41-31(40)21-9-12-24(13-10-21)36-30(39)26(17-20-7-5-4-6-8-20)37-16-15-22(18-27(37)38)28-23(19-35)11-14-25(33)29(28)34/h4-14,18,26H,15-17H2,1-3H3,(H,36,39). The summed E-state index contributed by atoms with van der Waals surface area (Å²) >= 11 is 5.96. The van der Waals surface area contributed by atoms with Crippen LogP contribution < -0.4 is 5.32 Å². The van der Waals surface area contributed by atoms with Gasteiger partial charge in [-0.05, 0) is 74.7 Å². The number of anilines is 1. The van der Waals surface area contributed by atoms with Crippen LogP contribution in [-0.4, -0.2) is 40.9 Å². The van der Waals surface area contributed by atoms with E-state index in [2.05, 4.69) is 5.32 Å². The molecule has 0 saturated heterocycles. The molecule has 0 saturated carbocycles. The highest BCUT2D eigenvalue weighted by molar-refractivity contribution is 6.31. The number of nitrogens with zero attached hydrogens (tertiary/aromatic N) is 2. The molecule has 0 bridgehead atoms. The number of hydrogen-bond acceptors (Lipinski definition) is 5. The molecule has 1 aliphatic rings. The Morgan fingerprint density at radius 1 is 1.10 bits per heavy atom. The Kier molecular flexibility index (Phi) is 8.89. The maximum absolute atomic E-state index is 14.9. The second kappa shape index (κ2) is 12.4. The molecule has 1 unspecified atom stereocenters. The van der Waals surface area contributed by atoms with Gasteiger partial charge in [0, 0.05) is 30.3 Å². The first-order valence-electron chi connectivity index (χ1n) is 13.0. The van der Waals surface area contributed by atoms with Gasteiger partial charge in [0.15, 0.2) is 5.82 Å². The van der Waals surface area contributed by atoms with Gasteiger partial charge >= 0.3 is 5.97 Å². The number of benzene rings is 3. The average Bonchev–Trinajstić information content (AvgIpc) is 2.93. The predicted octanol–water partition coefficient (Wildman–Crippen LogP) is 6.17. The van der Waals surface area contributed by atoms with Gasteiger partial charge in [0.05, 0.1) is 22.2 Å². The quantitative estimate of drug-likeness (QED) is 0.341. The van der Waals surface area contributed by atoms with Gasteiger partial charge in [0.1, 0.15) is 11.6 Å². The number of nitriles is 1. The lowest BCUT2D eigenvalue weighted by Gasteiger charge is -2.33. The van der Waals surface area contributed by atoms with E-state index >= 15 is 0 Å². The van der Waals surface area contributed by atoms with E-state index in [4.69, 9.17) is 16.3 Å². The molecule has 3 aromatic rings. The molecule has 0 aromatic heterocycles. The molecule has 1 aliphatic heterocycles. The van der Waals surface area contributed by atoms with E-state index in [1.807, 2.05) is 36.4 Å². The highest BCUT2D eigenvalue weighted by Crippen LogP contribution is 2.32. The number of carbonyl (C=O) groups is 3. The molecule has 1 atom stereocenters. The number of ether oxygens (including phenoxy) is 1. The van der Waals surface area contributed by atoms with Crippen molar-refractivity contribution < 1.29 is 23.5 Å². The van der Waals surface area contributed by atoms with Crippen LogP contribution in [0.1, 0.15) is 54.2 Å². The molecule has 4 rings (SSSR count). The highest BCUT2D eigenvalue weighted by Gasteiger charge is 2.33. The summed E-state index contributed by atoms with van der Waals surface area (Å²) in [5.41, 5.74) is 1.42. The van der Waals surface area contributed by atoms with Gasteiger partial charge in [-0.25, -0.2) is 9.18 Å². The van der Waals surface area contributed by atoms with Crippen molar-refractivity contribution in [2.75, 3.05) is 11.9 Å². The minimum Gasteiger partial charge on any atom is -0.456 e. The predicted molar refractivity (Wildman–Crippen MR) is 155 cm³/mol. The zero-order valence-corrected chi connectivity index (χ0v) is 23.7. The topological polar surface area (TPSA) is 99.5 Å². The highest BCUT2D eigenvalue weighted by atomic mass is 35.5. The van der Waals surface area contributed by atoms with E-state index in [1.165, 1.54) is 23.1 Å². The van der Waals surface area contributed by atoms with E-state index in [1.54, 1.807) is 45.0 Å². The third-order valence-corrected chi connectivity index (χ3v) is 6.77. The zero-order valence-electron chi connectivity index (χ0n) is 22.9. The lowest BCUT2D eigenvalue weighted by atomic mass is 9.93. The van der Waals surface area contributed by atoms with Crippen molar-refractivity contribution in [1.82, 2.24) is 4.90 Å². The normalized spacial score (nSPS) is 14.1. The number of amides is 2. The first-order valence-corrected chi connectivity index (χ1v) is 13.4. The summed E-state index contributed by atoms with van der Waals surface area (Å²) in [6.07, 6.45) is 1.73. The van der Waals surface area contributed by atoms with Crippen LogP contribution in [-0.2, 0) is 20.7 Å². The molecule has 41 heavy (non-hydrogen) atoms. The first kappa shape index (κ1) is 29.5. The number of hydrogen-bond donors (Lipinski definition) is 1. The number of esters is 1. The number of nitrogens with one attached hydrogen (secondary N) is 1. The summed E-state index contributed by atoms with van der Waals surface area (Å²) in [6.45, 7) is 5.46. The van der Waals surface area contributed by atoms with E-state index in [0.29, 0.717) is 16.8 Å². The fourth-order valence-electron chi connectivity index (χ4n) is 4.55. The van der Waals surface area contributed by atoms with Gasteiger partial charge in [-0.1, -0.05) is 41.9 Å². The molecule has 9 heteroatoms. The largest absolute Gasteiger partial charge is 0.456 e. The Balaban J connectivity index is 1.58. The Labute approximate surface area is 243 Å². The molecule has 1 heterocycles. The van der Waals surface area contributed by atoms with Crippen LogP contribution in [0.4, 0.5) is 10.1 Å². The van der Waals surface area contributed by atoms with Crippen molar-refractivity contribution in [3.8, 4) is 6.07 Å². The fourth-order valence-corrected chi connectivity index (χ4v) is 4.71. The second-order valence-electron chi connectivity index (χ2n) is 10.6.